The molecule has 1 heterocycles. The molecule has 1 aliphatic carbocycles. The third-order valence-corrected chi connectivity index (χ3v) is 4.96. The van der Waals surface area contributed by atoms with Crippen molar-refractivity contribution in [3.8, 4) is 0 Å². The summed E-state index contributed by atoms with van der Waals surface area (Å²) in [6.07, 6.45) is 6.82. The maximum atomic E-state index is 5.99. The second kappa shape index (κ2) is 5.62. The van der Waals surface area contributed by atoms with Crippen molar-refractivity contribution in [1.82, 2.24) is 5.48 Å². The molecule has 1 N–H and O–H groups in total. The van der Waals surface area contributed by atoms with Crippen LogP contribution in [0.25, 0.3) is 5.70 Å². The Morgan fingerprint density at radius 3 is 2.18 bits per heavy atom. The second-order valence-electron chi connectivity index (χ2n) is 6.38. The first-order chi connectivity index (χ1) is 10.8. The summed E-state index contributed by atoms with van der Waals surface area (Å²) in [5.41, 5.74) is 6.81. The maximum Gasteiger partial charge on any atom is 0.116 e. The van der Waals surface area contributed by atoms with E-state index < -0.39 is 0 Å². The van der Waals surface area contributed by atoms with Crippen molar-refractivity contribution in [2.75, 3.05) is 0 Å². The molecule has 2 aromatic carbocycles. The first kappa shape index (κ1) is 13.6. The highest BCUT2D eigenvalue weighted by Gasteiger charge is 2.39. The highest BCUT2D eigenvalue weighted by Crippen LogP contribution is 2.43. The highest BCUT2D eigenvalue weighted by atomic mass is 16.7. The van der Waals surface area contributed by atoms with E-state index >= 15 is 0 Å². The summed E-state index contributed by atoms with van der Waals surface area (Å²) in [7, 11) is 0. The number of hydroxylamine groups is 1. The fourth-order valence-electron chi connectivity index (χ4n) is 3.65. The molecule has 1 saturated carbocycles. The third kappa shape index (κ3) is 2.55. The maximum absolute atomic E-state index is 5.99. The van der Waals surface area contributed by atoms with Crippen LogP contribution in [0.15, 0.2) is 66.7 Å². The van der Waals surface area contributed by atoms with Gasteiger partial charge in [0, 0.05) is 0 Å². The van der Waals surface area contributed by atoms with Gasteiger partial charge >= 0.3 is 0 Å². The largest absolute Gasteiger partial charge is 0.266 e. The van der Waals surface area contributed by atoms with Crippen molar-refractivity contribution in [3.05, 3.63) is 77.9 Å². The van der Waals surface area contributed by atoms with Gasteiger partial charge in [0.15, 0.2) is 0 Å². The molecule has 2 nitrogen and oxygen atoms in total. The average Bonchev–Trinajstić information content (AvgIpc) is 3.01. The lowest BCUT2D eigenvalue weighted by molar-refractivity contribution is -0.0585. The number of nitrogens with one attached hydrogen (secondary N) is 1. The summed E-state index contributed by atoms with van der Waals surface area (Å²) in [4.78, 5) is 5.99. The van der Waals surface area contributed by atoms with Gasteiger partial charge < -0.3 is 0 Å². The van der Waals surface area contributed by atoms with Crippen LogP contribution in [-0.2, 0) is 4.84 Å². The Bertz CT molecular complexity index is 655. The fraction of sp³-hybridized carbons (Fsp3) is 0.300. The molecule has 0 amide bonds. The van der Waals surface area contributed by atoms with Crippen LogP contribution in [-0.4, -0.2) is 5.60 Å². The summed E-state index contributed by atoms with van der Waals surface area (Å²) in [6.45, 7) is 0. The van der Waals surface area contributed by atoms with E-state index in [0.717, 1.165) is 18.5 Å². The van der Waals surface area contributed by atoms with E-state index in [1.807, 2.05) is 6.07 Å². The lowest BCUT2D eigenvalue weighted by Gasteiger charge is -2.34. The molecule has 1 aliphatic heterocycles. The monoisotopic (exact) mass is 291 g/mol. The molecule has 2 aliphatic rings. The Morgan fingerprint density at radius 1 is 0.864 bits per heavy atom. The Hall–Kier alpha value is -2.06. The Morgan fingerprint density at radius 2 is 1.50 bits per heavy atom. The summed E-state index contributed by atoms with van der Waals surface area (Å²) in [6, 6.07) is 21.3. The van der Waals surface area contributed by atoms with Gasteiger partial charge in [-0.3, -0.25) is 10.3 Å². The number of hydrogen-bond acceptors (Lipinski definition) is 2. The molecule has 0 saturated heterocycles. The minimum Gasteiger partial charge on any atom is -0.266 e. The molecule has 0 atom stereocenters. The molecule has 1 fully saturated rings. The Labute approximate surface area is 131 Å². The number of rotatable bonds is 2. The van der Waals surface area contributed by atoms with Gasteiger partial charge in [0.2, 0.25) is 0 Å². The number of hydrogen-bond donors (Lipinski definition) is 1. The highest BCUT2D eigenvalue weighted by molar-refractivity contribution is 5.65. The molecular weight excluding hydrogens is 270 g/mol. The predicted molar refractivity (Wildman–Crippen MR) is 89.0 cm³/mol. The van der Waals surface area contributed by atoms with Crippen LogP contribution in [0.3, 0.4) is 0 Å². The quantitative estimate of drug-likeness (QED) is 0.869. The lowest BCUT2D eigenvalue weighted by Crippen LogP contribution is -2.34. The first-order valence-electron chi connectivity index (χ1n) is 8.12. The minimum absolute atomic E-state index is 0.115. The molecule has 2 aromatic rings. The molecule has 112 valence electrons. The van der Waals surface area contributed by atoms with Crippen molar-refractivity contribution < 1.29 is 4.84 Å². The second-order valence-corrected chi connectivity index (χ2v) is 6.38. The van der Waals surface area contributed by atoms with Crippen LogP contribution >= 0.6 is 0 Å². The van der Waals surface area contributed by atoms with E-state index in [1.54, 1.807) is 0 Å². The van der Waals surface area contributed by atoms with Gasteiger partial charge in [-0.1, -0.05) is 60.7 Å². The smallest absolute Gasteiger partial charge is 0.116 e. The van der Waals surface area contributed by atoms with E-state index in [9.17, 15) is 0 Å². The molecule has 4 rings (SSSR count). The zero-order valence-electron chi connectivity index (χ0n) is 12.7. The van der Waals surface area contributed by atoms with Crippen molar-refractivity contribution in [2.45, 2.75) is 37.2 Å². The van der Waals surface area contributed by atoms with Gasteiger partial charge in [-0.05, 0) is 48.8 Å². The van der Waals surface area contributed by atoms with E-state index in [4.69, 9.17) is 4.84 Å². The Kier molecular flexibility index (Phi) is 3.47. The van der Waals surface area contributed by atoms with E-state index in [0.29, 0.717) is 5.92 Å². The van der Waals surface area contributed by atoms with Gasteiger partial charge in [-0.15, -0.1) is 0 Å². The fourth-order valence-corrected chi connectivity index (χ4v) is 3.65. The van der Waals surface area contributed by atoms with Gasteiger partial charge in [0.1, 0.15) is 5.60 Å². The number of benzene rings is 2. The van der Waals surface area contributed by atoms with Gasteiger partial charge in [-0.2, -0.15) is 0 Å². The SMILES string of the molecule is C1=C(c2ccccc2)NOC12CCC(c1ccccc1)CC2. The minimum atomic E-state index is -0.115. The van der Waals surface area contributed by atoms with Crippen LogP contribution in [0.2, 0.25) is 0 Å². The summed E-state index contributed by atoms with van der Waals surface area (Å²) in [5.74, 6) is 0.671. The van der Waals surface area contributed by atoms with Crippen molar-refractivity contribution in [2.24, 2.45) is 0 Å². The molecule has 22 heavy (non-hydrogen) atoms. The van der Waals surface area contributed by atoms with Gasteiger partial charge in [0.05, 0.1) is 5.70 Å². The van der Waals surface area contributed by atoms with Crippen molar-refractivity contribution in [1.29, 1.82) is 0 Å². The zero-order chi connectivity index (χ0) is 14.8. The summed E-state index contributed by atoms with van der Waals surface area (Å²) >= 11 is 0. The lowest BCUT2D eigenvalue weighted by atomic mass is 9.76. The topological polar surface area (TPSA) is 21.3 Å². The van der Waals surface area contributed by atoms with Crippen LogP contribution < -0.4 is 5.48 Å². The molecule has 0 bridgehead atoms. The van der Waals surface area contributed by atoms with E-state index in [1.165, 1.54) is 24.0 Å². The van der Waals surface area contributed by atoms with E-state index in [-0.39, 0.29) is 5.60 Å². The molecule has 0 aromatic heterocycles. The van der Waals surface area contributed by atoms with Crippen molar-refractivity contribution in [3.63, 3.8) is 0 Å². The molecule has 2 heteroatoms. The molecule has 0 radical (unpaired) electrons. The molecular formula is C20H21NO. The van der Waals surface area contributed by atoms with Crippen LogP contribution in [0.5, 0.6) is 0 Å². The molecule has 0 unspecified atom stereocenters. The van der Waals surface area contributed by atoms with Crippen LogP contribution in [0.4, 0.5) is 0 Å². The predicted octanol–water partition coefficient (Wildman–Crippen LogP) is 4.66. The van der Waals surface area contributed by atoms with Gasteiger partial charge in [0.25, 0.3) is 0 Å². The first-order valence-corrected chi connectivity index (χ1v) is 8.12. The normalized spacial score (nSPS) is 27.5. The standard InChI is InChI=1S/C20H21NO/c1-3-7-16(8-4-1)17-11-13-20(14-12-17)15-19(21-22-20)18-9-5-2-6-10-18/h1-10,15,17,21H,11-14H2. The Balaban J connectivity index is 1.48. The zero-order valence-corrected chi connectivity index (χ0v) is 12.7. The van der Waals surface area contributed by atoms with Crippen LogP contribution in [0.1, 0.15) is 42.7 Å². The van der Waals surface area contributed by atoms with E-state index in [2.05, 4.69) is 66.2 Å². The van der Waals surface area contributed by atoms with Crippen LogP contribution in [0, 0.1) is 0 Å². The summed E-state index contributed by atoms with van der Waals surface area (Å²) < 4.78 is 0. The van der Waals surface area contributed by atoms with Gasteiger partial charge in [-0.25, -0.2) is 0 Å². The van der Waals surface area contributed by atoms with Crippen molar-refractivity contribution >= 4 is 5.70 Å². The molecule has 1 spiro atoms. The third-order valence-electron chi connectivity index (χ3n) is 4.96. The summed E-state index contributed by atoms with van der Waals surface area (Å²) in [5, 5.41) is 0. The average molecular weight is 291 g/mol.